The molecule has 1 aliphatic rings. The number of rotatable bonds is 5. The summed E-state index contributed by atoms with van der Waals surface area (Å²) in [4.78, 5) is 0. The smallest absolute Gasteiger partial charge is 0.0910 e. The van der Waals surface area contributed by atoms with E-state index in [9.17, 15) is 0 Å². The number of nitrogens with one attached hydrogen (secondary N) is 1. The zero-order chi connectivity index (χ0) is 14.5. The molecule has 21 heavy (non-hydrogen) atoms. The molecule has 4 heteroatoms. The minimum absolute atomic E-state index is 0.386. The molecule has 2 aromatic rings. The molecule has 112 valence electrons. The number of nitrogens with zero attached hydrogens (tertiary/aromatic N) is 2. The van der Waals surface area contributed by atoms with Crippen LogP contribution in [0.15, 0.2) is 42.6 Å². The fourth-order valence-electron chi connectivity index (χ4n) is 2.88. The van der Waals surface area contributed by atoms with Crippen LogP contribution in [0.4, 0.5) is 0 Å². The standard InChI is InChI=1S/C17H23N3O/c1-18-14-7-9-17(10-8-14)21-13-15-11-12-20(19-15)16-5-3-2-4-6-16/h2-6,11-12,14,17-18H,7-10,13H2,1H3. The van der Waals surface area contributed by atoms with Crippen molar-refractivity contribution in [1.29, 1.82) is 0 Å². The maximum atomic E-state index is 6.01. The monoisotopic (exact) mass is 285 g/mol. The van der Waals surface area contributed by atoms with Crippen LogP contribution >= 0.6 is 0 Å². The van der Waals surface area contributed by atoms with Crippen LogP contribution in [0.2, 0.25) is 0 Å². The molecular formula is C17H23N3O. The average molecular weight is 285 g/mol. The van der Waals surface area contributed by atoms with Gasteiger partial charge in [-0.3, -0.25) is 0 Å². The summed E-state index contributed by atoms with van der Waals surface area (Å²) in [5, 5.41) is 7.92. The molecule has 0 spiro atoms. The van der Waals surface area contributed by atoms with Crippen LogP contribution in [0.5, 0.6) is 0 Å². The summed E-state index contributed by atoms with van der Waals surface area (Å²) >= 11 is 0. The van der Waals surface area contributed by atoms with Gasteiger partial charge in [0.05, 0.1) is 24.1 Å². The van der Waals surface area contributed by atoms with Gasteiger partial charge in [0.15, 0.2) is 0 Å². The predicted octanol–water partition coefficient (Wildman–Crippen LogP) is 2.92. The van der Waals surface area contributed by atoms with Crippen molar-refractivity contribution in [3.8, 4) is 5.69 Å². The van der Waals surface area contributed by atoms with Crippen LogP contribution in [-0.2, 0) is 11.3 Å². The van der Waals surface area contributed by atoms with Gasteiger partial charge >= 0.3 is 0 Å². The Morgan fingerprint density at radius 2 is 1.90 bits per heavy atom. The first-order chi connectivity index (χ1) is 10.3. The predicted molar refractivity (Wildman–Crippen MR) is 83.5 cm³/mol. The average Bonchev–Trinajstić information content (AvgIpc) is 3.03. The fourth-order valence-corrected chi connectivity index (χ4v) is 2.88. The molecule has 0 atom stereocenters. The summed E-state index contributed by atoms with van der Waals surface area (Å²) in [5.41, 5.74) is 2.08. The van der Waals surface area contributed by atoms with E-state index in [0.29, 0.717) is 18.8 Å². The second kappa shape index (κ2) is 6.87. The molecule has 1 fully saturated rings. The molecule has 0 amide bonds. The lowest BCUT2D eigenvalue weighted by atomic mass is 9.93. The van der Waals surface area contributed by atoms with Crippen molar-refractivity contribution in [2.24, 2.45) is 0 Å². The van der Waals surface area contributed by atoms with Crippen LogP contribution in [0.3, 0.4) is 0 Å². The highest BCUT2D eigenvalue weighted by Crippen LogP contribution is 2.21. The number of aromatic nitrogens is 2. The summed E-state index contributed by atoms with van der Waals surface area (Å²) in [6.07, 6.45) is 7.08. The highest BCUT2D eigenvalue weighted by molar-refractivity contribution is 5.30. The van der Waals surface area contributed by atoms with Gasteiger partial charge < -0.3 is 10.1 Å². The third-order valence-electron chi connectivity index (χ3n) is 4.21. The summed E-state index contributed by atoms with van der Waals surface area (Å²) < 4.78 is 7.91. The molecule has 0 aliphatic heterocycles. The lowest BCUT2D eigenvalue weighted by Gasteiger charge is -2.28. The zero-order valence-electron chi connectivity index (χ0n) is 12.5. The van der Waals surface area contributed by atoms with E-state index in [1.807, 2.05) is 42.2 Å². The SMILES string of the molecule is CNC1CCC(OCc2ccn(-c3ccccc3)n2)CC1. The summed E-state index contributed by atoms with van der Waals surface area (Å²) in [6, 6.07) is 12.9. The third kappa shape index (κ3) is 3.71. The number of hydrogen-bond donors (Lipinski definition) is 1. The van der Waals surface area contributed by atoms with Gasteiger partial charge in [-0.05, 0) is 50.9 Å². The number of benzene rings is 1. The van der Waals surface area contributed by atoms with Gasteiger partial charge in [0.1, 0.15) is 0 Å². The first-order valence-corrected chi connectivity index (χ1v) is 7.74. The van der Waals surface area contributed by atoms with Crippen molar-refractivity contribution in [2.45, 2.75) is 44.4 Å². The Balaban J connectivity index is 1.52. The molecule has 1 saturated carbocycles. The van der Waals surface area contributed by atoms with Crippen LogP contribution in [-0.4, -0.2) is 29.0 Å². The Hall–Kier alpha value is -1.65. The summed E-state index contributed by atoms with van der Waals surface area (Å²) in [7, 11) is 2.04. The van der Waals surface area contributed by atoms with Gasteiger partial charge in [-0.25, -0.2) is 4.68 Å². The fraction of sp³-hybridized carbons (Fsp3) is 0.471. The van der Waals surface area contributed by atoms with Gasteiger partial charge in [-0.2, -0.15) is 5.10 Å². The van der Waals surface area contributed by atoms with E-state index >= 15 is 0 Å². The van der Waals surface area contributed by atoms with E-state index < -0.39 is 0 Å². The Morgan fingerprint density at radius 1 is 1.14 bits per heavy atom. The third-order valence-corrected chi connectivity index (χ3v) is 4.21. The van der Waals surface area contributed by atoms with Crippen LogP contribution < -0.4 is 5.32 Å². The molecule has 1 aromatic heterocycles. The number of hydrogen-bond acceptors (Lipinski definition) is 3. The molecule has 1 aliphatic carbocycles. The highest BCUT2D eigenvalue weighted by atomic mass is 16.5. The Bertz CT molecular complexity index is 544. The van der Waals surface area contributed by atoms with E-state index in [-0.39, 0.29) is 0 Å². The topological polar surface area (TPSA) is 39.1 Å². The Labute approximate surface area is 126 Å². The van der Waals surface area contributed by atoms with Crippen molar-refractivity contribution in [3.05, 3.63) is 48.3 Å². The lowest BCUT2D eigenvalue weighted by Crippen LogP contribution is -2.32. The molecule has 1 aromatic carbocycles. The largest absolute Gasteiger partial charge is 0.372 e. The molecule has 0 unspecified atom stereocenters. The Kier molecular flexibility index (Phi) is 4.68. The van der Waals surface area contributed by atoms with Crippen molar-refractivity contribution < 1.29 is 4.74 Å². The summed E-state index contributed by atoms with van der Waals surface area (Å²) in [6.45, 7) is 0.606. The van der Waals surface area contributed by atoms with Gasteiger partial charge in [0.25, 0.3) is 0 Å². The van der Waals surface area contributed by atoms with E-state index in [0.717, 1.165) is 24.2 Å². The van der Waals surface area contributed by atoms with Gasteiger partial charge in [-0.1, -0.05) is 18.2 Å². The normalized spacial score (nSPS) is 22.3. The van der Waals surface area contributed by atoms with Crippen LogP contribution in [0.25, 0.3) is 5.69 Å². The number of ether oxygens (including phenoxy) is 1. The molecule has 4 nitrogen and oxygen atoms in total. The van der Waals surface area contributed by atoms with E-state index in [2.05, 4.69) is 22.5 Å². The highest BCUT2D eigenvalue weighted by Gasteiger charge is 2.20. The first-order valence-electron chi connectivity index (χ1n) is 7.74. The van der Waals surface area contributed by atoms with Crippen LogP contribution in [0, 0.1) is 0 Å². The molecule has 1 N–H and O–H groups in total. The molecule has 0 saturated heterocycles. The second-order valence-electron chi connectivity index (χ2n) is 5.66. The van der Waals surface area contributed by atoms with Gasteiger partial charge in [0.2, 0.25) is 0 Å². The quantitative estimate of drug-likeness (QED) is 0.918. The maximum absolute atomic E-state index is 6.01. The van der Waals surface area contributed by atoms with E-state index in [1.54, 1.807) is 0 Å². The molecule has 1 heterocycles. The second-order valence-corrected chi connectivity index (χ2v) is 5.66. The molecule has 3 rings (SSSR count). The van der Waals surface area contributed by atoms with Gasteiger partial charge in [-0.15, -0.1) is 0 Å². The minimum Gasteiger partial charge on any atom is -0.372 e. The van der Waals surface area contributed by atoms with E-state index in [4.69, 9.17) is 4.74 Å². The number of para-hydroxylation sites is 1. The lowest BCUT2D eigenvalue weighted by molar-refractivity contribution is 0.0102. The molecule has 0 radical (unpaired) electrons. The molecular weight excluding hydrogens is 262 g/mol. The van der Waals surface area contributed by atoms with Crippen molar-refractivity contribution >= 4 is 0 Å². The van der Waals surface area contributed by atoms with Crippen molar-refractivity contribution in [2.75, 3.05) is 7.05 Å². The Morgan fingerprint density at radius 3 is 2.62 bits per heavy atom. The van der Waals surface area contributed by atoms with Crippen molar-refractivity contribution in [3.63, 3.8) is 0 Å². The zero-order valence-corrected chi connectivity index (χ0v) is 12.5. The molecule has 0 bridgehead atoms. The first kappa shape index (κ1) is 14.3. The van der Waals surface area contributed by atoms with Gasteiger partial charge in [0, 0.05) is 12.2 Å². The van der Waals surface area contributed by atoms with E-state index in [1.165, 1.54) is 12.8 Å². The summed E-state index contributed by atoms with van der Waals surface area (Å²) in [5.74, 6) is 0. The van der Waals surface area contributed by atoms with Crippen LogP contribution in [0.1, 0.15) is 31.4 Å². The minimum atomic E-state index is 0.386. The van der Waals surface area contributed by atoms with Crippen molar-refractivity contribution in [1.82, 2.24) is 15.1 Å². The maximum Gasteiger partial charge on any atom is 0.0910 e.